The standard InChI is InChI=1S/C28H44O.C2H4O2/c1-18(2)19(3)7-8-20(4)24-11-12-25-23-10-9-21-17-22(29)13-15-27(21,5)26(23)14-16-28(24,25)6;1-2(3)4/h7-10,18-20,22,24-26,29H,11-17H2,1-6H3;1H3,(H,3,4)/t19-,20+,22-,24+,25-,26-,27-,28+;/m0./s1. The van der Waals surface area contributed by atoms with Gasteiger partial charge >= 0.3 is 0 Å². The Morgan fingerprint density at radius 3 is 2.30 bits per heavy atom. The molecule has 2 N–H and O–H groups in total. The molecule has 8 atom stereocenters. The predicted molar refractivity (Wildman–Crippen MR) is 137 cm³/mol. The van der Waals surface area contributed by atoms with E-state index in [-0.39, 0.29) is 6.10 Å². The third kappa shape index (κ3) is 5.19. The Bertz CT molecular complexity index is 801. The van der Waals surface area contributed by atoms with Gasteiger partial charge in [0.15, 0.2) is 0 Å². The molecule has 0 aromatic rings. The molecule has 0 aromatic carbocycles. The molecule has 0 bridgehead atoms. The maximum Gasteiger partial charge on any atom is 0.300 e. The second-order valence-electron chi connectivity index (χ2n) is 12.4. The summed E-state index contributed by atoms with van der Waals surface area (Å²) in [5, 5.41) is 17.6. The first-order valence-electron chi connectivity index (χ1n) is 13.4. The van der Waals surface area contributed by atoms with Gasteiger partial charge in [-0.05, 0) is 91.3 Å². The quantitative estimate of drug-likeness (QED) is 0.433. The van der Waals surface area contributed by atoms with Crippen molar-refractivity contribution < 1.29 is 15.0 Å². The summed E-state index contributed by atoms with van der Waals surface area (Å²) in [6, 6.07) is 0. The Morgan fingerprint density at radius 2 is 1.67 bits per heavy atom. The van der Waals surface area contributed by atoms with Crippen LogP contribution in [-0.4, -0.2) is 22.3 Å². The van der Waals surface area contributed by atoms with Crippen molar-refractivity contribution in [2.45, 2.75) is 99.5 Å². The van der Waals surface area contributed by atoms with Crippen molar-refractivity contribution in [3.05, 3.63) is 35.5 Å². The average molecular weight is 457 g/mol. The first-order chi connectivity index (χ1) is 15.4. The monoisotopic (exact) mass is 456 g/mol. The highest BCUT2D eigenvalue weighted by Crippen LogP contribution is 2.65. The van der Waals surface area contributed by atoms with Crippen molar-refractivity contribution in [1.29, 1.82) is 0 Å². The maximum absolute atomic E-state index is 10.2. The Kier molecular flexibility index (Phi) is 8.04. The van der Waals surface area contributed by atoms with Crippen LogP contribution in [0.5, 0.6) is 0 Å². The lowest BCUT2D eigenvalue weighted by Crippen LogP contribution is -2.46. The van der Waals surface area contributed by atoms with Crippen LogP contribution >= 0.6 is 0 Å². The zero-order valence-electron chi connectivity index (χ0n) is 22.1. The molecule has 3 saturated carbocycles. The summed E-state index contributed by atoms with van der Waals surface area (Å²) in [6.45, 7) is 15.7. The number of fused-ring (bicyclic) bond motifs is 5. The Morgan fingerprint density at radius 1 is 1.00 bits per heavy atom. The second kappa shape index (κ2) is 10.1. The molecule has 0 spiro atoms. The van der Waals surface area contributed by atoms with Gasteiger partial charge < -0.3 is 10.2 Å². The Labute approximate surface area is 202 Å². The number of carboxylic acids is 1. The molecule has 3 nitrogen and oxygen atoms in total. The fraction of sp³-hybridized carbons (Fsp3) is 0.767. The van der Waals surface area contributed by atoms with E-state index in [1.54, 1.807) is 5.57 Å². The van der Waals surface area contributed by atoms with E-state index in [0.29, 0.717) is 22.7 Å². The molecule has 4 aliphatic rings. The molecule has 0 unspecified atom stereocenters. The summed E-state index contributed by atoms with van der Waals surface area (Å²) < 4.78 is 0. The van der Waals surface area contributed by atoms with Gasteiger partial charge in [-0.3, -0.25) is 4.79 Å². The maximum atomic E-state index is 10.2. The van der Waals surface area contributed by atoms with Gasteiger partial charge in [0.1, 0.15) is 0 Å². The molecule has 4 rings (SSSR count). The third-order valence-corrected chi connectivity index (χ3v) is 10.0. The lowest BCUT2D eigenvalue weighted by molar-refractivity contribution is -0.134. The van der Waals surface area contributed by atoms with Crippen molar-refractivity contribution in [2.24, 2.45) is 46.3 Å². The van der Waals surface area contributed by atoms with Gasteiger partial charge in [0, 0.05) is 6.92 Å². The van der Waals surface area contributed by atoms with Crippen LogP contribution in [-0.2, 0) is 4.79 Å². The molecule has 4 aliphatic carbocycles. The van der Waals surface area contributed by atoms with E-state index in [1.807, 2.05) is 0 Å². The number of aliphatic hydroxyl groups is 1. The summed E-state index contributed by atoms with van der Waals surface area (Å²) in [7, 11) is 0. The number of aliphatic carboxylic acids is 1. The molecule has 0 heterocycles. The molecule has 0 aliphatic heterocycles. The van der Waals surface area contributed by atoms with Gasteiger partial charge in [-0.25, -0.2) is 0 Å². The number of allylic oxidation sites excluding steroid dienone is 5. The lowest BCUT2D eigenvalue weighted by Gasteiger charge is -2.55. The molecule has 0 amide bonds. The summed E-state index contributed by atoms with van der Waals surface area (Å²) in [5.41, 5.74) is 4.07. The molecule has 3 fully saturated rings. The number of hydrogen-bond donors (Lipinski definition) is 2. The lowest BCUT2D eigenvalue weighted by atomic mass is 9.50. The predicted octanol–water partition coefficient (Wildman–Crippen LogP) is 7.42. The molecule has 0 aromatic heterocycles. The van der Waals surface area contributed by atoms with Crippen LogP contribution < -0.4 is 0 Å². The number of carbonyl (C=O) groups is 1. The van der Waals surface area contributed by atoms with Crippen molar-refractivity contribution in [3.63, 3.8) is 0 Å². The van der Waals surface area contributed by atoms with Gasteiger partial charge in [0.25, 0.3) is 5.97 Å². The Balaban J connectivity index is 0.000000709. The summed E-state index contributed by atoms with van der Waals surface area (Å²) in [4.78, 5) is 9.00. The first kappa shape index (κ1) is 26.3. The molecule has 0 saturated heterocycles. The molecule has 33 heavy (non-hydrogen) atoms. The van der Waals surface area contributed by atoms with Crippen LogP contribution in [0.3, 0.4) is 0 Å². The van der Waals surface area contributed by atoms with Crippen molar-refractivity contribution in [2.75, 3.05) is 0 Å². The van der Waals surface area contributed by atoms with E-state index in [4.69, 9.17) is 9.90 Å². The minimum Gasteiger partial charge on any atom is -0.481 e. The number of hydrogen-bond acceptors (Lipinski definition) is 2. The van der Waals surface area contributed by atoms with E-state index < -0.39 is 5.97 Å². The van der Waals surface area contributed by atoms with Crippen LogP contribution in [0.1, 0.15) is 93.4 Å². The average Bonchev–Trinajstić information content (AvgIpc) is 3.09. The van der Waals surface area contributed by atoms with E-state index in [9.17, 15) is 5.11 Å². The van der Waals surface area contributed by atoms with Crippen molar-refractivity contribution in [3.8, 4) is 0 Å². The SMILES string of the molecule is CC(=O)O.CC(C)[C@@H](C)C=C[C@@H](C)[C@H]1CC[C@H]2C3=CC=C4C[C@@H](O)CC[C@]4(C)[C@H]3CC[C@]12C. The van der Waals surface area contributed by atoms with Crippen LogP contribution in [0.25, 0.3) is 0 Å². The van der Waals surface area contributed by atoms with Gasteiger partial charge in [0.05, 0.1) is 6.10 Å². The fourth-order valence-electron chi connectivity index (χ4n) is 7.59. The highest BCUT2D eigenvalue weighted by atomic mass is 16.4. The highest BCUT2D eigenvalue weighted by molar-refractivity contribution is 5.62. The van der Waals surface area contributed by atoms with E-state index >= 15 is 0 Å². The van der Waals surface area contributed by atoms with E-state index in [2.05, 4.69) is 65.8 Å². The first-order valence-corrected chi connectivity index (χ1v) is 13.4. The molecular formula is C30H48O3. The Hall–Kier alpha value is -1.35. The third-order valence-electron chi connectivity index (χ3n) is 10.0. The van der Waals surface area contributed by atoms with Gasteiger partial charge in [-0.1, -0.05) is 77.0 Å². The topological polar surface area (TPSA) is 57.5 Å². The van der Waals surface area contributed by atoms with E-state index in [1.165, 1.54) is 37.7 Å². The smallest absolute Gasteiger partial charge is 0.300 e. The minimum absolute atomic E-state index is 0.116. The molecule has 0 radical (unpaired) electrons. The number of carboxylic acid groups (broad SMARTS) is 1. The molecule has 3 heteroatoms. The summed E-state index contributed by atoms with van der Waals surface area (Å²) >= 11 is 0. The second-order valence-corrected chi connectivity index (χ2v) is 12.4. The highest BCUT2D eigenvalue weighted by Gasteiger charge is 2.56. The molecule has 186 valence electrons. The minimum atomic E-state index is -0.833. The number of rotatable bonds is 4. The summed E-state index contributed by atoms with van der Waals surface area (Å²) in [5.74, 6) is 3.55. The fourth-order valence-corrected chi connectivity index (χ4v) is 7.59. The number of aliphatic hydroxyl groups excluding tert-OH is 1. The van der Waals surface area contributed by atoms with Crippen LogP contribution in [0, 0.1) is 46.3 Å². The largest absolute Gasteiger partial charge is 0.481 e. The zero-order chi connectivity index (χ0) is 24.6. The normalized spacial score (nSPS) is 39.4. The van der Waals surface area contributed by atoms with Gasteiger partial charge in [0.2, 0.25) is 0 Å². The zero-order valence-corrected chi connectivity index (χ0v) is 22.1. The van der Waals surface area contributed by atoms with Crippen LogP contribution in [0.15, 0.2) is 35.5 Å². The van der Waals surface area contributed by atoms with Crippen molar-refractivity contribution in [1.82, 2.24) is 0 Å². The summed E-state index contributed by atoms with van der Waals surface area (Å²) in [6.07, 6.45) is 18.4. The molecular weight excluding hydrogens is 408 g/mol. The van der Waals surface area contributed by atoms with Gasteiger partial charge in [-0.15, -0.1) is 0 Å². The van der Waals surface area contributed by atoms with Crippen LogP contribution in [0.2, 0.25) is 0 Å². The van der Waals surface area contributed by atoms with E-state index in [0.717, 1.165) is 43.4 Å². The van der Waals surface area contributed by atoms with Gasteiger partial charge in [-0.2, -0.15) is 0 Å². The van der Waals surface area contributed by atoms with Crippen LogP contribution in [0.4, 0.5) is 0 Å². The van der Waals surface area contributed by atoms with Crippen molar-refractivity contribution >= 4 is 5.97 Å².